The van der Waals surface area contributed by atoms with E-state index < -0.39 is 0 Å². The molecule has 7 heteroatoms. The van der Waals surface area contributed by atoms with Crippen molar-refractivity contribution in [2.45, 2.75) is 19.8 Å². The Kier molecular flexibility index (Phi) is 6.89. The van der Waals surface area contributed by atoms with Gasteiger partial charge < -0.3 is 15.0 Å². The van der Waals surface area contributed by atoms with Crippen LogP contribution in [0.25, 0.3) is 33.5 Å². The second-order valence-electron chi connectivity index (χ2n) is 8.80. The number of carbonyl (C=O) groups excluding carboxylic acids is 2. The van der Waals surface area contributed by atoms with Crippen molar-refractivity contribution in [1.29, 1.82) is 0 Å². The monoisotopic (exact) mass is 480 g/mol. The summed E-state index contributed by atoms with van der Waals surface area (Å²) in [7, 11) is 0. The van der Waals surface area contributed by atoms with E-state index in [0.717, 1.165) is 28.0 Å². The molecule has 182 valence electrons. The van der Waals surface area contributed by atoms with Crippen LogP contribution in [0.2, 0.25) is 0 Å². The summed E-state index contributed by atoms with van der Waals surface area (Å²) in [6, 6.07) is 25.4. The van der Waals surface area contributed by atoms with Crippen LogP contribution in [0, 0.1) is 5.92 Å². The van der Waals surface area contributed by atoms with Crippen LogP contribution >= 0.6 is 0 Å². The van der Waals surface area contributed by atoms with Gasteiger partial charge in [-0.25, -0.2) is 14.8 Å². The molecule has 3 aromatic carbocycles. The number of esters is 1. The van der Waals surface area contributed by atoms with Crippen LogP contribution < -0.4 is 5.32 Å². The Morgan fingerprint density at radius 2 is 1.44 bits per heavy atom. The summed E-state index contributed by atoms with van der Waals surface area (Å²) in [5, 5.41) is 2.98. The second kappa shape index (κ2) is 10.6. The Labute approximate surface area is 210 Å². The Morgan fingerprint density at radius 1 is 0.861 bits per heavy atom. The Hall–Kier alpha value is -4.26. The van der Waals surface area contributed by atoms with E-state index in [4.69, 9.17) is 14.7 Å². The molecule has 0 radical (unpaired) electrons. The molecule has 1 aromatic heterocycles. The van der Waals surface area contributed by atoms with E-state index in [9.17, 15) is 9.59 Å². The van der Waals surface area contributed by atoms with Crippen LogP contribution in [0.1, 0.15) is 19.8 Å². The van der Waals surface area contributed by atoms with Crippen LogP contribution in [0.3, 0.4) is 0 Å². The molecule has 0 spiro atoms. The number of amides is 2. The number of hydrogen-bond donors (Lipinski definition) is 1. The molecule has 1 aliphatic rings. The molecule has 36 heavy (non-hydrogen) atoms. The Balaban J connectivity index is 1.39. The zero-order valence-electron chi connectivity index (χ0n) is 20.2. The zero-order chi connectivity index (χ0) is 24.9. The first kappa shape index (κ1) is 23.5. The van der Waals surface area contributed by atoms with E-state index in [-0.39, 0.29) is 17.9 Å². The number of rotatable bonds is 5. The summed E-state index contributed by atoms with van der Waals surface area (Å²) in [5.41, 5.74) is 5.68. The molecule has 2 heterocycles. The van der Waals surface area contributed by atoms with Crippen molar-refractivity contribution in [2.24, 2.45) is 5.92 Å². The van der Waals surface area contributed by atoms with Crippen LogP contribution in [-0.4, -0.2) is 46.6 Å². The molecular formula is C29H28N4O3. The summed E-state index contributed by atoms with van der Waals surface area (Å²) in [6.45, 7) is 3.21. The molecule has 5 rings (SSSR count). The molecule has 0 unspecified atom stereocenters. The number of nitrogens with zero attached hydrogens (tertiary/aromatic N) is 3. The molecule has 1 N–H and O–H groups in total. The van der Waals surface area contributed by atoms with Crippen molar-refractivity contribution in [2.75, 3.05) is 25.0 Å². The third-order valence-corrected chi connectivity index (χ3v) is 6.41. The lowest BCUT2D eigenvalue weighted by Gasteiger charge is -2.30. The van der Waals surface area contributed by atoms with Gasteiger partial charge in [0.15, 0.2) is 0 Å². The first-order valence-corrected chi connectivity index (χ1v) is 12.3. The third-order valence-electron chi connectivity index (χ3n) is 6.41. The normalized spacial score (nSPS) is 14.0. The van der Waals surface area contributed by atoms with E-state index >= 15 is 0 Å². The molecule has 0 atom stereocenters. The highest BCUT2D eigenvalue weighted by atomic mass is 16.5. The molecule has 0 aliphatic carbocycles. The summed E-state index contributed by atoms with van der Waals surface area (Å²) in [6.07, 6.45) is 1.22. The fourth-order valence-electron chi connectivity index (χ4n) is 4.51. The lowest BCUT2D eigenvalue weighted by molar-refractivity contribution is -0.149. The molecule has 4 aromatic rings. The van der Waals surface area contributed by atoms with Gasteiger partial charge in [0.2, 0.25) is 0 Å². The van der Waals surface area contributed by atoms with Crippen molar-refractivity contribution in [3.63, 3.8) is 0 Å². The number of carbonyl (C=O) groups is 2. The quantitative estimate of drug-likeness (QED) is 0.367. The van der Waals surface area contributed by atoms with Crippen LogP contribution in [-0.2, 0) is 9.53 Å². The highest BCUT2D eigenvalue weighted by Gasteiger charge is 2.28. The van der Waals surface area contributed by atoms with E-state index in [0.29, 0.717) is 43.7 Å². The smallest absolute Gasteiger partial charge is 0.321 e. The molecule has 1 aliphatic heterocycles. The molecule has 0 saturated carbocycles. The Bertz CT molecular complexity index is 1370. The summed E-state index contributed by atoms with van der Waals surface area (Å²) in [4.78, 5) is 36.5. The van der Waals surface area contributed by atoms with Gasteiger partial charge in [-0.05, 0) is 38.0 Å². The number of likely N-dealkylation sites (tertiary alicyclic amines) is 1. The third kappa shape index (κ3) is 5.05. The number of nitrogens with one attached hydrogen (secondary N) is 1. The van der Waals surface area contributed by atoms with Crippen molar-refractivity contribution < 1.29 is 14.3 Å². The maximum absolute atomic E-state index is 12.9. The van der Waals surface area contributed by atoms with Crippen LogP contribution in [0.4, 0.5) is 10.5 Å². The average Bonchev–Trinajstić information content (AvgIpc) is 2.93. The topological polar surface area (TPSA) is 84.4 Å². The SMILES string of the molecule is CCOC(=O)C1CCN(C(=O)Nc2ccc3nc(-c4ccccc4)c(-c4ccccc4)nc3c2)CC1. The number of fused-ring (bicyclic) bond motifs is 1. The number of aromatic nitrogens is 2. The highest BCUT2D eigenvalue weighted by molar-refractivity contribution is 5.93. The van der Waals surface area contributed by atoms with E-state index in [1.807, 2.05) is 78.9 Å². The number of anilines is 1. The second-order valence-corrected chi connectivity index (χ2v) is 8.80. The minimum Gasteiger partial charge on any atom is -0.466 e. The number of urea groups is 1. The van der Waals surface area contributed by atoms with Gasteiger partial charge in [0.1, 0.15) is 0 Å². The van der Waals surface area contributed by atoms with Crippen molar-refractivity contribution in [1.82, 2.24) is 14.9 Å². The molecule has 0 bridgehead atoms. The average molecular weight is 481 g/mol. The number of hydrogen-bond acceptors (Lipinski definition) is 5. The van der Waals surface area contributed by atoms with Gasteiger partial charge >= 0.3 is 12.0 Å². The van der Waals surface area contributed by atoms with Crippen LogP contribution in [0.5, 0.6) is 0 Å². The van der Waals surface area contributed by atoms with Crippen molar-refractivity contribution in [3.8, 4) is 22.5 Å². The minimum atomic E-state index is -0.186. The summed E-state index contributed by atoms with van der Waals surface area (Å²) < 4.78 is 5.12. The van der Waals surface area contributed by atoms with Gasteiger partial charge in [-0.3, -0.25) is 4.79 Å². The molecule has 1 saturated heterocycles. The summed E-state index contributed by atoms with van der Waals surface area (Å²) in [5.74, 6) is -0.310. The van der Waals surface area contributed by atoms with Crippen molar-refractivity contribution in [3.05, 3.63) is 78.9 Å². The lowest BCUT2D eigenvalue weighted by Crippen LogP contribution is -2.42. The largest absolute Gasteiger partial charge is 0.466 e. The fraction of sp³-hybridized carbons (Fsp3) is 0.241. The first-order valence-electron chi connectivity index (χ1n) is 12.3. The van der Waals surface area contributed by atoms with E-state index in [1.165, 1.54) is 0 Å². The maximum atomic E-state index is 12.9. The number of benzene rings is 3. The summed E-state index contributed by atoms with van der Waals surface area (Å²) >= 11 is 0. The van der Waals surface area contributed by atoms with E-state index in [2.05, 4.69) is 5.32 Å². The lowest BCUT2D eigenvalue weighted by atomic mass is 9.97. The highest BCUT2D eigenvalue weighted by Crippen LogP contribution is 2.31. The standard InChI is InChI=1S/C29H28N4O3/c1-2-36-28(34)22-15-17-33(18-16-22)29(35)30-23-13-14-24-25(19-23)32-27(21-11-7-4-8-12-21)26(31-24)20-9-5-3-6-10-20/h3-14,19,22H,2,15-18H2,1H3,(H,30,35). The molecule has 1 fully saturated rings. The first-order chi connectivity index (χ1) is 17.6. The predicted molar refractivity (Wildman–Crippen MR) is 140 cm³/mol. The van der Waals surface area contributed by atoms with Gasteiger partial charge in [-0.1, -0.05) is 60.7 Å². The fourth-order valence-corrected chi connectivity index (χ4v) is 4.51. The van der Waals surface area contributed by atoms with Crippen molar-refractivity contribution >= 4 is 28.7 Å². The minimum absolute atomic E-state index is 0.139. The van der Waals surface area contributed by atoms with Gasteiger partial charge in [0, 0.05) is 29.9 Å². The predicted octanol–water partition coefficient (Wildman–Crippen LogP) is 5.77. The maximum Gasteiger partial charge on any atom is 0.321 e. The van der Waals surface area contributed by atoms with Gasteiger partial charge in [0.05, 0.1) is 34.9 Å². The molecule has 7 nitrogen and oxygen atoms in total. The van der Waals surface area contributed by atoms with Crippen LogP contribution in [0.15, 0.2) is 78.9 Å². The van der Waals surface area contributed by atoms with E-state index in [1.54, 1.807) is 11.8 Å². The van der Waals surface area contributed by atoms with Gasteiger partial charge in [-0.2, -0.15) is 0 Å². The van der Waals surface area contributed by atoms with Gasteiger partial charge in [-0.15, -0.1) is 0 Å². The number of ether oxygens (including phenoxy) is 1. The molecular weight excluding hydrogens is 452 g/mol. The number of piperidine rings is 1. The van der Waals surface area contributed by atoms with Gasteiger partial charge in [0.25, 0.3) is 0 Å². The zero-order valence-corrected chi connectivity index (χ0v) is 20.2. The molecule has 2 amide bonds. The Morgan fingerprint density at radius 3 is 2.03 bits per heavy atom.